The first-order chi connectivity index (χ1) is 11.3. The smallest absolute Gasteiger partial charge is 0.255 e. The van der Waals surface area contributed by atoms with Crippen LogP contribution < -0.4 is 10.2 Å². The van der Waals surface area contributed by atoms with E-state index in [2.05, 4.69) is 20.1 Å². The fourth-order valence-electron chi connectivity index (χ4n) is 3.21. The third-order valence-corrected chi connectivity index (χ3v) is 4.48. The maximum atomic E-state index is 12.5. The number of amides is 1. The molecule has 0 atom stereocenters. The molecule has 2 aliphatic rings. The predicted octanol–water partition coefficient (Wildman–Crippen LogP) is 1.13. The van der Waals surface area contributed by atoms with Gasteiger partial charge >= 0.3 is 0 Å². The summed E-state index contributed by atoms with van der Waals surface area (Å²) >= 11 is 0. The molecule has 0 unspecified atom stereocenters. The summed E-state index contributed by atoms with van der Waals surface area (Å²) in [6.07, 6.45) is 5.36. The van der Waals surface area contributed by atoms with Crippen molar-refractivity contribution in [2.75, 3.05) is 57.4 Å². The Labute approximate surface area is 137 Å². The topological polar surface area (TPSA) is 57.7 Å². The van der Waals surface area contributed by atoms with Gasteiger partial charge in [0.2, 0.25) is 0 Å². The highest BCUT2D eigenvalue weighted by Gasteiger charge is 2.19. The van der Waals surface area contributed by atoms with Crippen LogP contribution in [0.1, 0.15) is 29.6 Å². The van der Waals surface area contributed by atoms with Gasteiger partial charge in [-0.1, -0.05) is 0 Å². The van der Waals surface area contributed by atoms with Crippen LogP contribution in [-0.4, -0.2) is 68.3 Å². The fraction of sp³-hybridized carbons (Fsp3) is 0.647. The Morgan fingerprint density at radius 1 is 1.22 bits per heavy atom. The zero-order valence-electron chi connectivity index (χ0n) is 13.7. The van der Waals surface area contributed by atoms with Gasteiger partial charge in [-0.2, -0.15) is 0 Å². The molecule has 6 heteroatoms. The van der Waals surface area contributed by atoms with Crippen molar-refractivity contribution in [1.82, 2.24) is 15.2 Å². The molecule has 6 nitrogen and oxygen atoms in total. The summed E-state index contributed by atoms with van der Waals surface area (Å²) in [6.45, 7) is 7.14. The minimum atomic E-state index is -0.0268. The molecule has 1 aromatic rings. The van der Waals surface area contributed by atoms with Crippen molar-refractivity contribution in [2.24, 2.45) is 0 Å². The minimum Gasteiger partial charge on any atom is -0.378 e. The molecule has 1 amide bonds. The van der Waals surface area contributed by atoms with Gasteiger partial charge in [0.15, 0.2) is 0 Å². The Morgan fingerprint density at radius 2 is 2.00 bits per heavy atom. The summed E-state index contributed by atoms with van der Waals surface area (Å²) in [5.41, 5.74) is 0.663. The van der Waals surface area contributed by atoms with Crippen molar-refractivity contribution in [1.29, 1.82) is 0 Å². The van der Waals surface area contributed by atoms with Gasteiger partial charge < -0.3 is 19.9 Å². The van der Waals surface area contributed by atoms with Crippen molar-refractivity contribution in [2.45, 2.75) is 19.3 Å². The number of carbonyl (C=O) groups is 1. The van der Waals surface area contributed by atoms with Gasteiger partial charge in [-0.25, -0.2) is 4.98 Å². The van der Waals surface area contributed by atoms with Crippen LogP contribution in [0, 0.1) is 0 Å². The lowest BCUT2D eigenvalue weighted by Gasteiger charge is -2.29. The lowest BCUT2D eigenvalue weighted by atomic mass is 10.2. The van der Waals surface area contributed by atoms with Crippen molar-refractivity contribution >= 4 is 11.7 Å². The van der Waals surface area contributed by atoms with Crippen LogP contribution in [0.4, 0.5) is 5.82 Å². The lowest BCUT2D eigenvalue weighted by Crippen LogP contribution is -2.38. The molecule has 2 aliphatic heterocycles. The molecule has 3 rings (SSSR count). The van der Waals surface area contributed by atoms with Crippen LogP contribution in [0.5, 0.6) is 0 Å². The summed E-state index contributed by atoms with van der Waals surface area (Å²) < 4.78 is 5.38. The summed E-state index contributed by atoms with van der Waals surface area (Å²) in [6, 6.07) is 3.68. The normalized spacial score (nSPS) is 19.0. The molecule has 3 heterocycles. The number of ether oxygens (including phenoxy) is 1. The number of hydrogen-bond donors (Lipinski definition) is 1. The standard InChI is InChI=1S/C17H26N4O2/c22-17(19-7-4-10-20-8-1-2-9-20)15-5-3-6-18-16(15)21-11-13-23-14-12-21/h3,5-6H,1-2,4,7-14H2,(H,19,22). The van der Waals surface area contributed by atoms with E-state index >= 15 is 0 Å². The summed E-state index contributed by atoms with van der Waals surface area (Å²) in [4.78, 5) is 21.5. The van der Waals surface area contributed by atoms with Gasteiger partial charge in [-0.3, -0.25) is 4.79 Å². The number of carbonyl (C=O) groups excluding carboxylic acids is 1. The number of rotatable bonds is 6. The van der Waals surface area contributed by atoms with E-state index in [0.717, 1.165) is 31.9 Å². The predicted molar refractivity (Wildman–Crippen MR) is 89.9 cm³/mol. The molecule has 0 radical (unpaired) electrons. The number of pyridine rings is 1. The maximum absolute atomic E-state index is 12.5. The average molecular weight is 318 g/mol. The highest BCUT2D eigenvalue weighted by molar-refractivity contribution is 5.98. The van der Waals surface area contributed by atoms with E-state index in [9.17, 15) is 4.79 Å². The number of nitrogens with one attached hydrogen (secondary N) is 1. The van der Waals surface area contributed by atoms with Gasteiger partial charge in [0.25, 0.3) is 5.91 Å². The monoisotopic (exact) mass is 318 g/mol. The molecule has 0 saturated carbocycles. The molecule has 1 N–H and O–H groups in total. The Balaban J connectivity index is 1.52. The van der Waals surface area contributed by atoms with Crippen LogP contribution in [-0.2, 0) is 4.74 Å². The Bertz CT molecular complexity index is 511. The Kier molecular flexibility index (Phi) is 5.82. The molecule has 0 spiro atoms. The van der Waals surface area contributed by atoms with Crippen LogP contribution in [0.3, 0.4) is 0 Å². The molecule has 0 aromatic carbocycles. The number of morpholine rings is 1. The fourth-order valence-corrected chi connectivity index (χ4v) is 3.21. The number of aromatic nitrogens is 1. The van der Waals surface area contributed by atoms with E-state index in [0.29, 0.717) is 25.3 Å². The van der Waals surface area contributed by atoms with Crippen molar-refractivity contribution in [3.05, 3.63) is 23.9 Å². The number of anilines is 1. The Morgan fingerprint density at radius 3 is 2.78 bits per heavy atom. The van der Waals surface area contributed by atoms with Gasteiger partial charge in [0.05, 0.1) is 18.8 Å². The van der Waals surface area contributed by atoms with Crippen LogP contribution >= 0.6 is 0 Å². The molecule has 126 valence electrons. The Hall–Kier alpha value is -1.66. The lowest BCUT2D eigenvalue weighted by molar-refractivity contribution is 0.0950. The number of nitrogens with zero attached hydrogens (tertiary/aromatic N) is 3. The molecule has 0 aliphatic carbocycles. The molecule has 23 heavy (non-hydrogen) atoms. The minimum absolute atomic E-state index is 0.0268. The summed E-state index contributed by atoms with van der Waals surface area (Å²) in [7, 11) is 0. The van der Waals surface area contributed by atoms with Crippen LogP contribution in [0.25, 0.3) is 0 Å². The van der Waals surface area contributed by atoms with Gasteiger partial charge in [-0.05, 0) is 51.0 Å². The third-order valence-electron chi connectivity index (χ3n) is 4.48. The SMILES string of the molecule is O=C(NCCCN1CCCC1)c1cccnc1N1CCOCC1. The van der Waals surface area contributed by atoms with Crippen LogP contribution in [0.2, 0.25) is 0 Å². The highest BCUT2D eigenvalue weighted by Crippen LogP contribution is 2.18. The highest BCUT2D eigenvalue weighted by atomic mass is 16.5. The largest absolute Gasteiger partial charge is 0.378 e. The quantitative estimate of drug-likeness (QED) is 0.797. The van der Waals surface area contributed by atoms with E-state index in [1.807, 2.05) is 12.1 Å². The van der Waals surface area contributed by atoms with Gasteiger partial charge in [0, 0.05) is 25.8 Å². The molecule has 2 fully saturated rings. The molecule has 0 bridgehead atoms. The summed E-state index contributed by atoms with van der Waals surface area (Å²) in [5.74, 6) is 0.744. The van der Waals surface area contributed by atoms with Crippen molar-refractivity contribution < 1.29 is 9.53 Å². The van der Waals surface area contributed by atoms with Gasteiger partial charge in [-0.15, -0.1) is 0 Å². The number of hydrogen-bond acceptors (Lipinski definition) is 5. The second-order valence-corrected chi connectivity index (χ2v) is 6.13. The molecular weight excluding hydrogens is 292 g/mol. The zero-order valence-corrected chi connectivity index (χ0v) is 13.7. The van der Waals surface area contributed by atoms with Crippen molar-refractivity contribution in [3.8, 4) is 0 Å². The molecular formula is C17H26N4O2. The first-order valence-electron chi connectivity index (χ1n) is 8.63. The number of likely N-dealkylation sites (tertiary alicyclic amines) is 1. The first kappa shape index (κ1) is 16.2. The maximum Gasteiger partial charge on any atom is 0.255 e. The molecule has 1 aromatic heterocycles. The van der Waals surface area contributed by atoms with E-state index in [-0.39, 0.29) is 5.91 Å². The zero-order chi connectivity index (χ0) is 15.9. The van der Waals surface area contributed by atoms with E-state index in [1.54, 1.807) is 6.20 Å². The van der Waals surface area contributed by atoms with Gasteiger partial charge in [0.1, 0.15) is 5.82 Å². The van der Waals surface area contributed by atoms with E-state index < -0.39 is 0 Å². The molecule has 2 saturated heterocycles. The van der Waals surface area contributed by atoms with E-state index in [4.69, 9.17) is 4.74 Å². The second kappa shape index (κ2) is 8.26. The second-order valence-electron chi connectivity index (χ2n) is 6.13. The average Bonchev–Trinajstić information content (AvgIpc) is 3.13. The first-order valence-corrected chi connectivity index (χ1v) is 8.63. The third kappa shape index (κ3) is 4.42. The van der Waals surface area contributed by atoms with Crippen LogP contribution in [0.15, 0.2) is 18.3 Å². The van der Waals surface area contributed by atoms with Crippen molar-refractivity contribution in [3.63, 3.8) is 0 Å². The summed E-state index contributed by atoms with van der Waals surface area (Å²) in [5, 5.41) is 3.04. The van der Waals surface area contributed by atoms with E-state index in [1.165, 1.54) is 25.9 Å².